The first-order valence-electron chi connectivity index (χ1n) is 8.20. The van der Waals surface area contributed by atoms with E-state index in [0.29, 0.717) is 29.6 Å². The van der Waals surface area contributed by atoms with Gasteiger partial charge in [0, 0.05) is 10.8 Å². The minimum atomic E-state index is -0.402. The van der Waals surface area contributed by atoms with Crippen molar-refractivity contribution in [2.75, 3.05) is 13.2 Å². The Morgan fingerprint density at radius 1 is 1.00 bits per heavy atom. The molecule has 4 aromatic rings. The Labute approximate surface area is 175 Å². The first-order valence-corrected chi connectivity index (χ1v) is 10.3. The number of hydrogen-bond acceptors (Lipinski definition) is 6. The van der Waals surface area contributed by atoms with Gasteiger partial charge >= 0.3 is 11.9 Å². The predicted molar refractivity (Wildman–Crippen MR) is 116 cm³/mol. The van der Waals surface area contributed by atoms with Crippen LogP contribution in [0.4, 0.5) is 0 Å². The highest BCUT2D eigenvalue weighted by Crippen LogP contribution is 2.31. The van der Waals surface area contributed by atoms with Crippen LogP contribution < -0.4 is 0 Å². The molecule has 4 aromatic heterocycles. The number of aromatic nitrogens is 2. The zero-order valence-corrected chi connectivity index (χ0v) is 17.0. The number of H-pyrrole nitrogens is 2. The molecule has 9 heteroatoms. The quantitative estimate of drug-likeness (QED) is 0.375. The van der Waals surface area contributed by atoms with Crippen molar-refractivity contribution in [3.63, 3.8) is 0 Å². The summed E-state index contributed by atoms with van der Waals surface area (Å²) < 4.78 is 9.72. The van der Waals surface area contributed by atoms with Crippen molar-refractivity contribution in [1.29, 1.82) is 0 Å². The second kappa shape index (κ2) is 9.77. The fraction of sp³-hybridized carbons (Fsp3) is 0.263. The van der Waals surface area contributed by atoms with Gasteiger partial charge in [0.1, 0.15) is 21.0 Å². The maximum Gasteiger partial charge on any atom is 0.356 e. The topological polar surface area (TPSA) is 84.2 Å². The number of rotatable bonds is 4. The van der Waals surface area contributed by atoms with E-state index in [2.05, 4.69) is 9.97 Å². The first kappa shape index (κ1) is 22.0. The van der Waals surface area contributed by atoms with Crippen LogP contribution in [0.3, 0.4) is 0 Å². The highest BCUT2D eigenvalue weighted by atomic mass is 35.5. The number of thiophene rings is 2. The molecule has 0 aliphatic carbocycles. The fourth-order valence-electron chi connectivity index (χ4n) is 2.39. The van der Waals surface area contributed by atoms with Gasteiger partial charge < -0.3 is 19.4 Å². The molecule has 0 bridgehead atoms. The molecule has 0 unspecified atom stereocenters. The summed E-state index contributed by atoms with van der Waals surface area (Å²) in [5, 5.41) is 6.28. The fourth-order valence-corrected chi connectivity index (χ4v) is 4.31. The van der Waals surface area contributed by atoms with Crippen molar-refractivity contribution in [3.05, 3.63) is 45.4 Å². The summed E-state index contributed by atoms with van der Waals surface area (Å²) in [6, 6.07) is 5.66. The van der Waals surface area contributed by atoms with E-state index in [4.69, 9.17) is 21.1 Å². The summed E-state index contributed by atoms with van der Waals surface area (Å²) in [6.07, 6.45) is 0. The SMILES string of the molecule is C.CCOC(=O)c1[nH]c2sccc2c1Cl.CCOC(=O)c1cc2ccsc2[nH]1. The normalized spacial score (nSPS) is 10.2. The second-order valence-electron chi connectivity index (χ2n) is 5.31. The minimum absolute atomic E-state index is 0. The zero-order valence-electron chi connectivity index (χ0n) is 14.6. The molecule has 0 aliphatic rings. The van der Waals surface area contributed by atoms with Gasteiger partial charge in [0.2, 0.25) is 0 Å². The van der Waals surface area contributed by atoms with Gasteiger partial charge in [-0.15, -0.1) is 22.7 Å². The number of esters is 2. The lowest BCUT2D eigenvalue weighted by atomic mass is 10.3. The second-order valence-corrected chi connectivity index (χ2v) is 7.52. The van der Waals surface area contributed by atoms with Crippen LogP contribution in [0.15, 0.2) is 29.0 Å². The summed E-state index contributed by atoms with van der Waals surface area (Å²) in [7, 11) is 0. The van der Waals surface area contributed by atoms with Crippen molar-refractivity contribution in [2.24, 2.45) is 0 Å². The molecule has 28 heavy (non-hydrogen) atoms. The maximum absolute atomic E-state index is 11.4. The van der Waals surface area contributed by atoms with E-state index in [1.165, 1.54) is 11.3 Å². The lowest BCUT2D eigenvalue weighted by molar-refractivity contribution is 0.0511. The summed E-state index contributed by atoms with van der Waals surface area (Å²) in [4.78, 5) is 30.5. The Kier molecular flexibility index (Phi) is 7.68. The van der Waals surface area contributed by atoms with Gasteiger partial charge in [-0.05, 0) is 42.8 Å². The maximum atomic E-state index is 11.4. The summed E-state index contributed by atoms with van der Waals surface area (Å²) in [6.45, 7) is 4.31. The van der Waals surface area contributed by atoms with Crippen LogP contribution in [0.1, 0.15) is 42.3 Å². The lowest BCUT2D eigenvalue weighted by Gasteiger charge is -1.98. The molecule has 150 valence electrons. The average Bonchev–Trinajstić information content (AvgIpc) is 3.37. The Bertz CT molecular complexity index is 1050. The van der Waals surface area contributed by atoms with Gasteiger partial charge in [-0.1, -0.05) is 19.0 Å². The molecule has 2 N–H and O–H groups in total. The third-order valence-electron chi connectivity index (χ3n) is 3.58. The van der Waals surface area contributed by atoms with Crippen LogP contribution in [0, 0.1) is 0 Å². The van der Waals surface area contributed by atoms with E-state index in [1.807, 2.05) is 29.0 Å². The smallest absolute Gasteiger partial charge is 0.356 e. The number of nitrogens with one attached hydrogen (secondary N) is 2. The number of carbonyl (C=O) groups excluding carboxylic acids is 2. The van der Waals surface area contributed by atoms with Gasteiger partial charge in [0.15, 0.2) is 0 Å². The van der Waals surface area contributed by atoms with E-state index in [0.717, 1.165) is 20.4 Å². The number of halogens is 1. The monoisotopic (exact) mass is 440 g/mol. The van der Waals surface area contributed by atoms with Crippen molar-refractivity contribution >= 4 is 66.6 Å². The third-order valence-corrected chi connectivity index (χ3v) is 5.65. The standard InChI is InChI=1S/C9H8ClNO2S.C9H9NO2S.CH4/c1-2-13-9(12)7-6(10)5-3-4-14-8(5)11-7;1-2-12-9(11)7-5-6-3-4-13-8(6)10-7;/h3-4,11H,2H2,1H3;3-5,10H,2H2,1H3;1H4. The van der Waals surface area contributed by atoms with E-state index in [9.17, 15) is 9.59 Å². The molecule has 0 saturated carbocycles. The molecule has 4 rings (SSSR count). The lowest BCUT2D eigenvalue weighted by Crippen LogP contribution is -2.05. The first-order chi connectivity index (χ1) is 13.0. The molecule has 0 amide bonds. The molecule has 0 fully saturated rings. The van der Waals surface area contributed by atoms with Gasteiger partial charge in [-0.2, -0.15) is 0 Å². The third kappa shape index (κ3) is 4.57. The molecule has 0 aromatic carbocycles. The molecular formula is C19H21ClN2O4S2. The highest BCUT2D eigenvalue weighted by Gasteiger charge is 2.17. The molecule has 0 spiro atoms. The van der Waals surface area contributed by atoms with Gasteiger partial charge in [0.25, 0.3) is 0 Å². The molecular weight excluding hydrogens is 420 g/mol. The molecule has 6 nitrogen and oxygen atoms in total. The van der Waals surface area contributed by atoms with Crippen molar-refractivity contribution in [3.8, 4) is 0 Å². The Morgan fingerprint density at radius 3 is 2.29 bits per heavy atom. The highest BCUT2D eigenvalue weighted by molar-refractivity contribution is 7.17. The summed E-state index contributed by atoms with van der Waals surface area (Å²) in [5.74, 6) is -0.688. The molecule has 0 atom stereocenters. The van der Waals surface area contributed by atoms with Gasteiger partial charge in [0.05, 0.1) is 18.2 Å². The number of aromatic amines is 2. The predicted octanol–water partition coefficient (Wildman–Crippen LogP) is 6.10. The number of carbonyl (C=O) groups is 2. The van der Waals surface area contributed by atoms with Crippen molar-refractivity contribution < 1.29 is 19.1 Å². The molecule has 0 saturated heterocycles. The van der Waals surface area contributed by atoms with Gasteiger partial charge in [-0.3, -0.25) is 0 Å². The molecule has 0 radical (unpaired) electrons. The number of ether oxygens (including phenoxy) is 2. The van der Waals surface area contributed by atoms with Crippen LogP contribution in [-0.4, -0.2) is 35.1 Å². The van der Waals surface area contributed by atoms with Gasteiger partial charge in [-0.25, -0.2) is 9.59 Å². The van der Waals surface area contributed by atoms with Crippen LogP contribution >= 0.6 is 34.3 Å². The van der Waals surface area contributed by atoms with E-state index in [-0.39, 0.29) is 13.4 Å². The Balaban J connectivity index is 0.000000194. The van der Waals surface area contributed by atoms with Crippen LogP contribution in [0.2, 0.25) is 5.02 Å². The molecule has 4 heterocycles. The van der Waals surface area contributed by atoms with Crippen LogP contribution in [0.5, 0.6) is 0 Å². The van der Waals surface area contributed by atoms with E-state index >= 15 is 0 Å². The summed E-state index contributed by atoms with van der Waals surface area (Å²) >= 11 is 9.09. The average molecular weight is 441 g/mol. The van der Waals surface area contributed by atoms with Crippen LogP contribution in [0.25, 0.3) is 20.4 Å². The van der Waals surface area contributed by atoms with E-state index in [1.54, 1.807) is 25.2 Å². The van der Waals surface area contributed by atoms with Crippen molar-refractivity contribution in [2.45, 2.75) is 21.3 Å². The van der Waals surface area contributed by atoms with E-state index < -0.39 is 5.97 Å². The number of fused-ring (bicyclic) bond motifs is 2. The largest absolute Gasteiger partial charge is 0.461 e. The van der Waals surface area contributed by atoms with Crippen LogP contribution in [-0.2, 0) is 9.47 Å². The zero-order chi connectivity index (χ0) is 19.4. The number of hydrogen-bond donors (Lipinski definition) is 2. The van der Waals surface area contributed by atoms with Crippen molar-refractivity contribution in [1.82, 2.24) is 9.97 Å². The molecule has 0 aliphatic heterocycles. The Hall–Kier alpha value is -2.29. The summed E-state index contributed by atoms with van der Waals surface area (Å²) in [5.41, 5.74) is 0.874. The minimum Gasteiger partial charge on any atom is -0.461 e. The Morgan fingerprint density at radius 2 is 1.64 bits per heavy atom.